The molecular weight excluding hydrogens is 230 g/mol. The predicted octanol–water partition coefficient (Wildman–Crippen LogP) is 2.35. The van der Waals surface area contributed by atoms with Gasteiger partial charge in [0.15, 0.2) is 0 Å². The molecule has 0 saturated carbocycles. The highest BCUT2D eigenvalue weighted by Crippen LogP contribution is 2.12. The SMILES string of the molecule is CC(C)CN(Cc1cscn1)CC1CCCN1. The number of nitrogens with one attached hydrogen (secondary N) is 1. The lowest BCUT2D eigenvalue weighted by Crippen LogP contribution is -2.39. The molecule has 1 atom stereocenters. The number of hydrogen-bond donors (Lipinski definition) is 1. The minimum atomic E-state index is 0.687. The molecule has 0 amide bonds. The van der Waals surface area contributed by atoms with Crippen LogP contribution in [0.25, 0.3) is 0 Å². The predicted molar refractivity (Wildman–Crippen MR) is 73.3 cm³/mol. The second-order valence-corrected chi connectivity index (χ2v) is 6.08. The normalized spacial score (nSPS) is 20.6. The van der Waals surface area contributed by atoms with Crippen LogP contribution in [0.3, 0.4) is 0 Å². The maximum Gasteiger partial charge on any atom is 0.0795 e. The summed E-state index contributed by atoms with van der Waals surface area (Å²) < 4.78 is 0. The van der Waals surface area contributed by atoms with Crippen molar-refractivity contribution in [1.82, 2.24) is 15.2 Å². The quantitative estimate of drug-likeness (QED) is 0.843. The summed E-state index contributed by atoms with van der Waals surface area (Å²) in [6.07, 6.45) is 2.66. The molecule has 1 aliphatic rings. The molecule has 1 aromatic rings. The van der Waals surface area contributed by atoms with Gasteiger partial charge in [-0.2, -0.15) is 0 Å². The minimum absolute atomic E-state index is 0.687. The summed E-state index contributed by atoms with van der Waals surface area (Å²) in [5.74, 6) is 0.718. The average Bonchev–Trinajstić information content (AvgIpc) is 2.89. The van der Waals surface area contributed by atoms with Gasteiger partial charge >= 0.3 is 0 Å². The van der Waals surface area contributed by atoms with Crippen molar-refractivity contribution in [3.8, 4) is 0 Å². The van der Waals surface area contributed by atoms with Crippen LogP contribution in [-0.2, 0) is 6.54 Å². The first-order valence-corrected chi connectivity index (χ1v) is 7.51. The maximum atomic E-state index is 4.39. The lowest BCUT2D eigenvalue weighted by molar-refractivity contribution is 0.214. The Morgan fingerprint density at radius 2 is 2.47 bits per heavy atom. The fraction of sp³-hybridized carbons (Fsp3) is 0.769. The van der Waals surface area contributed by atoms with Gasteiger partial charge in [-0.05, 0) is 25.3 Å². The monoisotopic (exact) mass is 253 g/mol. The molecule has 3 nitrogen and oxygen atoms in total. The van der Waals surface area contributed by atoms with Crippen LogP contribution in [0.2, 0.25) is 0 Å². The molecule has 0 radical (unpaired) electrons. The van der Waals surface area contributed by atoms with E-state index in [9.17, 15) is 0 Å². The summed E-state index contributed by atoms with van der Waals surface area (Å²) in [5, 5.41) is 5.74. The second kappa shape index (κ2) is 6.47. The Labute approximate surface area is 108 Å². The van der Waals surface area contributed by atoms with Crippen LogP contribution in [-0.4, -0.2) is 35.6 Å². The summed E-state index contributed by atoms with van der Waals surface area (Å²) in [6, 6.07) is 0.687. The second-order valence-electron chi connectivity index (χ2n) is 5.36. The van der Waals surface area contributed by atoms with Crippen LogP contribution in [0.1, 0.15) is 32.4 Å². The van der Waals surface area contributed by atoms with E-state index in [2.05, 4.69) is 34.4 Å². The van der Waals surface area contributed by atoms with Crippen LogP contribution < -0.4 is 5.32 Å². The number of nitrogens with zero attached hydrogens (tertiary/aromatic N) is 2. The molecule has 0 aliphatic carbocycles. The zero-order chi connectivity index (χ0) is 12.1. The highest BCUT2D eigenvalue weighted by atomic mass is 32.1. The molecule has 2 rings (SSSR count). The number of aromatic nitrogens is 1. The summed E-state index contributed by atoms with van der Waals surface area (Å²) in [5.41, 5.74) is 3.14. The lowest BCUT2D eigenvalue weighted by atomic mass is 10.1. The number of thiazole rings is 1. The van der Waals surface area contributed by atoms with Gasteiger partial charge in [0, 0.05) is 31.1 Å². The van der Waals surface area contributed by atoms with Gasteiger partial charge in [-0.25, -0.2) is 4.98 Å². The molecule has 1 aromatic heterocycles. The topological polar surface area (TPSA) is 28.2 Å². The van der Waals surface area contributed by atoms with Crippen LogP contribution >= 0.6 is 11.3 Å². The smallest absolute Gasteiger partial charge is 0.0795 e. The van der Waals surface area contributed by atoms with E-state index in [0.717, 1.165) is 25.6 Å². The summed E-state index contributed by atoms with van der Waals surface area (Å²) in [7, 11) is 0. The van der Waals surface area contributed by atoms with E-state index in [1.165, 1.54) is 25.1 Å². The van der Waals surface area contributed by atoms with Crippen LogP contribution in [0.15, 0.2) is 10.9 Å². The van der Waals surface area contributed by atoms with Crippen molar-refractivity contribution in [2.75, 3.05) is 19.6 Å². The molecule has 96 valence electrons. The van der Waals surface area contributed by atoms with E-state index in [4.69, 9.17) is 0 Å². The van der Waals surface area contributed by atoms with Gasteiger partial charge in [0.05, 0.1) is 11.2 Å². The maximum absolute atomic E-state index is 4.39. The highest BCUT2D eigenvalue weighted by molar-refractivity contribution is 7.07. The molecule has 4 heteroatoms. The molecule has 17 heavy (non-hydrogen) atoms. The molecule has 2 heterocycles. The van der Waals surface area contributed by atoms with Gasteiger partial charge in [0.1, 0.15) is 0 Å². The van der Waals surface area contributed by atoms with Crippen LogP contribution in [0.5, 0.6) is 0 Å². The van der Waals surface area contributed by atoms with E-state index >= 15 is 0 Å². The van der Waals surface area contributed by atoms with E-state index in [1.54, 1.807) is 11.3 Å². The van der Waals surface area contributed by atoms with Gasteiger partial charge in [-0.3, -0.25) is 4.90 Å². The molecule has 0 spiro atoms. The third-order valence-electron chi connectivity index (χ3n) is 3.13. The Kier molecular flexibility index (Phi) is 4.95. The number of rotatable bonds is 6. The van der Waals surface area contributed by atoms with Crippen molar-refractivity contribution in [2.45, 2.75) is 39.3 Å². The Hall–Kier alpha value is -0.450. The molecule has 1 aliphatic heterocycles. The van der Waals surface area contributed by atoms with Gasteiger partial charge < -0.3 is 5.32 Å². The molecular formula is C13H23N3S. The average molecular weight is 253 g/mol. The van der Waals surface area contributed by atoms with E-state index < -0.39 is 0 Å². The van der Waals surface area contributed by atoms with Crippen molar-refractivity contribution < 1.29 is 0 Å². The van der Waals surface area contributed by atoms with Crippen molar-refractivity contribution in [3.05, 3.63) is 16.6 Å². The Morgan fingerprint density at radius 1 is 1.59 bits per heavy atom. The Morgan fingerprint density at radius 3 is 3.06 bits per heavy atom. The van der Waals surface area contributed by atoms with Crippen molar-refractivity contribution in [2.24, 2.45) is 5.92 Å². The van der Waals surface area contributed by atoms with Crippen LogP contribution in [0, 0.1) is 5.92 Å². The summed E-state index contributed by atoms with van der Waals surface area (Å²) >= 11 is 1.69. The van der Waals surface area contributed by atoms with Gasteiger partial charge in [-0.1, -0.05) is 13.8 Å². The Bertz CT molecular complexity index is 304. The summed E-state index contributed by atoms with van der Waals surface area (Å²) in [6.45, 7) is 9.09. The molecule has 0 aromatic carbocycles. The van der Waals surface area contributed by atoms with Crippen molar-refractivity contribution in [1.29, 1.82) is 0 Å². The van der Waals surface area contributed by atoms with E-state index in [-0.39, 0.29) is 0 Å². The molecule has 1 saturated heterocycles. The summed E-state index contributed by atoms with van der Waals surface area (Å²) in [4.78, 5) is 6.94. The zero-order valence-electron chi connectivity index (χ0n) is 10.9. The van der Waals surface area contributed by atoms with Crippen LogP contribution in [0.4, 0.5) is 0 Å². The van der Waals surface area contributed by atoms with Gasteiger partial charge in [-0.15, -0.1) is 11.3 Å². The molecule has 1 fully saturated rings. The fourth-order valence-electron chi connectivity index (χ4n) is 2.49. The largest absolute Gasteiger partial charge is 0.313 e. The first-order chi connectivity index (χ1) is 8.24. The zero-order valence-corrected chi connectivity index (χ0v) is 11.7. The standard InChI is InChI=1S/C13H23N3S/c1-11(2)6-16(7-12-4-3-5-14-12)8-13-9-17-10-15-13/h9-12,14H,3-8H2,1-2H3. The molecule has 1 unspecified atom stereocenters. The van der Waals surface area contributed by atoms with E-state index in [1.807, 2.05) is 5.51 Å². The highest BCUT2D eigenvalue weighted by Gasteiger charge is 2.18. The first kappa shape index (κ1) is 13.0. The van der Waals surface area contributed by atoms with Gasteiger partial charge in [0.2, 0.25) is 0 Å². The van der Waals surface area contributed by atoms with Crippen molar-refractivity contribution in [3.63, 3.8) is 0 Å². The third-order valence-corrected chi connectivity index (χ3v) is 3.77. The van der Waals surface area contributed by atoms with Gasteiger partial charge in [0.25, 0.3) is 0 Å². The number of hydrogen-bond acceptors (Lipinski definition) is 4. The molecule has 1 N–H and O–H groups in total. The lowest BCUT2D eigenvalue weighted by Gasteiger charge is -2.26. The first-order valence-electron chi connectivity index (χ1n) is 6.57. The molecule has 0 bridgehead atoms. The van der Waals surface area contributed by atoms with Crippen molar-refractivity contribution >= 4 is 11.3 Å². The Balaban J connectivity index is 1.87. The third kappa shape index (κ3) is 4.37. The van der Waals surface area contributed by atoms with E-state index in [0.29, 0.717) is 6.04 Å². The fourth-order valence-corrected chi connectivity index (χ4v) is 3.04. The minimum Gasteiger partial charge on any atom is -0.313 e.